The summed E-state index contributed by atoms with van der Waals surface area (Å²) in [6.07, 6.45) is 1.02. The topological polar surface area (TPSA) is 85.5 Å². The number of rotatable bonds is 2. The molecule has 0 saturated carbocycles. The van der Waals surface area contributed by atoms with Gasteiger partial charge in [0, 0.05) is 9.84 Å². The Morgan fingerprint density at radius 3 is 3.11 bits per heavy atom. The van der Waals surface area contributed by atoms with Gasteiger partial charge in [-0.25, -0.2) is 4.52 Å². The smallest absolute Gasteiger partial charge is 0.341 e. The Labute approximate surface area is 50.4 Å². The van der Waals surface area contributed by atoms with Crippen LogP contribution in [0.25, 0.3) is 0 Å². The van der Waals surface area contributed by atoms with Gasteiger partial charge in [0.05, 0.1) is 0 Å². The summed E-state index contributed by atoms with van der Waals surface area (Å²) in [5.74, 6) is -0.0985. The highest BCUT2D eigenvalue weighted by Gasteiger charge is 2.16. The molecule has 1 atom stereocenters. The third-order valence-corrected chi connectivity index (χ3v) is 0.855. The molecule has 1 heterocycles. The summed E-state index contributed by atoms with van der Waals surface area (Å²) in [6, 6.07) is 0. The van der Waals surface area contributed by atoms with Crippen molar-refractivity contribution in [3.05, 3.63) is 6.26 Å². The van der Waals surface area contributed by atoms with E-state index in [-0.39, 0.29) is 5.88 Å². The largest absolute Gasteiger partial charge is 0.749 e. The zero-order chi connectivity index (χ0) is 6.69. The molecular formula is C2H2N2O4P+. The predicted octanol–water partition coefficient (Wildman–Crippen LogP) is 0.0981. The molecule has 6 nitrogen and oxygen atoms in total. The highest BCUT2D eigenvalue weighted by molar-refractivity contribution is 7.32. The number of nitrogens with zero attached hydrogens (tertiary/aromatic N) is 2. The van der Waals surface area contributed by atoms with Gasteiger partial charge in [0.1, 0.15) is 0 Å². The molecule has 48 valence electrons. The van der Waals surface area contributed by atoms with Gasteiger partial charge in [0.15, 0.2) is 6.26 Å². The molecule has 1 rings (SSSR count). The van der Waals surface area contributed by atoms with E-state index in [0.717, 1.165) is 6.26 Å². The normalized spacial score (nSPS) is 11.0. The fourth-order valence-corrected chi connectivity index (χ4v) is 0.515. The van der Waals surface area contributed by atoms with Crippen molar-refractivity contribution in [2.24, 2.45) is 0 Å². The minimum absolute atomic E-state index is 0.0985. The highest BCUT2D eigenvalue weighted by Crippen LogP contribution is 2.18. The molecule has 0 aromatic carbocycles. The van der Waals surface area contributed by atoms with Gasteiger partial charge in [0.25, 0.3) is 0 Å². The van der Waals surface area contributed by atoms with Crippen LogP contribution in [0.4, 0.5) is 0 Å². The van der Waals surface area contributed by atoms with Gasteiger partial charge in [-0.05, 0) is 0 Å². The molecule has 0 fully saturated rings. The molecule has 0 aliphatic heterocycles. The molecule has 0 saturated heterocycles. The van der Waals surface area contributed by atoms with E-state index in [0.29, 0.717) is 0 Å². The van der Waals surface area contributed by atoms with E-state index in [4.69, 9.17) is 4.89 Å². The Morgan fingerprint density at radius 2 is 2.67 bits per heavy atom. The lowest BCUT2D eigenvalue weighted by molar-refractivity contribution is 0.392. The van der Waals surface area contributed by atoms with Crippen LogP contribution in [0, 0.1) is 0 Å². The molecule has 0 bridgehead atoms. The number of aromatic nitrogens is 2. The molecule has 7 heteroatoms. The molecule has 9 heavy (non-hydrogen) atoms. The molecular weight excluding hydrogens is 147 g/mol. The van der Waals surface area contributed by atoms with Crippen LogP contribution in [0.15, 0.2) is 10.8 Å². The van der Waals surface area contributed by atoms with Crippen LogP contribution in [0.2, 0.25) is 0 Å². The second-order valence-electron chi connectivity index (χ2n) is 1.07. The summed E-state index contributed by atoms with van der Waals surface area (Å²) >= 11 is 0. The van der Waals surface area contributed by atoms with Crippen molar-refractivity contribution in [1.82, 2.24) is 10.4 Å². The van der Waals surface area contributed by atoms with Gasteiger partial charge < -0.3 is 4.52 Å². The van der Waals surface area contributed by atoms with E-state index >= 15 is 0 Å². The van der Waals surface area contributed by atoms with Crippen LogP contribution in [-0.4, -0.2) is 15.3 Å². The van der Waals surface area contributed by atoms with Crippen molar-refractivity contribution in [3.63, 3.8) is 0 Å². The first-order chi connectivity index (χ1) is 4.29. The Morgan fingerprint density at radius 1 is 1.89 bits per heavy atom. The van der Waals surface area contributed by atoms with Crippen LogP contribution in [0.5, 0.6) is 5.88 Å². The van der Waals surface area contributed by atoms with Gasteiger partial charge >= 0.3 is 14.1 Å². The quantitative estimate of drug-likeness (QED) is 0.600. The first-order valence-corrected chi connectivity index (χ1v) is 3.03. The van der Waals surface area contributed by atoms with Crippen molar-refractivity contribution in [1.29, 1.82) is 0 Å². The Hall–Kier alpha value is -1.00. The molecule has 0 aliphatic carbocycles. The van der Waals surface area contributed by atoms with E-state index in [1.54, 1.807) is 0 Å². The highest BCUT2D eigenvalue weighted by atomic mass is 31.1. The van der Waals surface area contributed by atoms with Crippen molar-refractivity contribution < 1.29 is 18.5 Å². The summed E-state index contributed by atoms with van der Waals surface area (Å²) in [5, 5.41) is 6.16. The maximum Gasteiger partial charge on any atom is 0.749 e. The van der Waals surface area contributed by atoms with Crippen molar-refractivity contribution in [3.8, 4) is 5.88 Å². The minimum atomic E-state index is -2.66. The van der Waals surface area contributed by atoms with Crippen LogP contribution in [-0.2, 0) is 4.57 Å². The lowest BCUT2D eigenvalue weighted by Crippen LogP contribution is -1.78. The minimum Gasteiger partial charge on any atom is -0.341 e. The lowest BCUT2D eigenvalue weighted by atomic mass is 10.9. The van der Waals surface area contributed by atoms with E-state index in [2.05, 4.69) is 19.4 Å². The SMILES string of the molecule is O=[P+](O)Oc1conn1. The standard InChI is InChI=1S/C2HN2O4P/c5-9(6)8-2-1-7-4-3-2/h1H/p+1. The molecule has 0 spiro atoms. The van der Waals surface area contributed by atoms with Gasteiger partial charge in [0.2, 0.25) is 0 Å². The third-order valence-electron chi connectivity index (χ3n) is 0.512. The monoisotopic (exact) mass is 149 g/mol. The number of hydrogen-bond donors (Lipinski definition) is 1. The first kappa shape index (κ1) is 6.12. The predicted molar refractivity (Wildman–Crippen MR) is 24.8 cm³/mol. The molecule has 1 aromatic heterocycles. The maximum absolute atomic E-state index is 9.88. The molecule has 1 N–H and O–H groups in total. The second-order valence-corrected chi connectivity index (χ2v) is 1.73. The zero-order valence-electron chi connectivity index (χ0n) is 4.09. The summed E-state index contributed by atoms with van der Waals surface area (Å²) in [4.78, 5) is 8.10. The van der Waals surface area contributed by atoms with Crippen molar-refractivity contribution >= 4 is 8.25 Å². The Balaban J connectivity index is 2.58. The molecule has 0 radical (unpaired) electrons. The Kier molecular flexibility index (Phi) is 1.72. The Bertz CT molecular complexity index is 196. The van der Waals surface area contributed by atoms with E-state index in [1.165, 1.54) is 0 Å². The second kappa shape index (κ2) is 2.52. The summed E-state index contributed by atoms with van der Waals surface area (Å²) < 4.78 is 18.2. The van der Waals surface area contributed by atoms with Gasteiger partial charge in [-0.1, -0.05) is 5.10 Å². The van der Waals surface area contributed by atoms with E-state index in [9.17, 15) is 4.57 Å². The summed E-state index contributed by atoms with van der Waals surface area (Å²) in [6.45, 7) is 0. The van der Waals surface area contributed by atoms with Crippen molar-refractivity contribution in [2.75, 3.05) is 0 Å². The average Bonchev–Trinajstić information content (AvgIpc) is 2.15. The first-order valence-electron chi connectivity index (χ1n) is 1.90. The van der Waals surface area contributed by atoms with Crippen LogP contribution in [0.1, 0.15) is 0 Å². The van der Waals surface area contributed by atoms with Crippen LogP contribution >= 0.6 is 8.25 Å². The molecule has 1 aromatic rings. The van der Waals surface area contributed by atoms with Crippen LogP contribution < -0.4 is 4.52 Å². The summed E-state index contributed by atoms with van der Waals surface area (Å²) in [5.41, 5.74) is 0. The van der Waals surface area contributed by atoms with E-state index in [1.807, 2.05) is 0 Å². The zero-order valence-corrected chi connectivity index (χ0v) is 4.99. The summed E-state index contributed by atoms with van der Waals surface area (Å²) in [7, 11) is -2.66. The fourth-order valence-electron chi connectivity index (χ4n) is 0.276. The van der Waals surface area contributed by atoms with Gasteiger partial charge in [-0.15, -0.1) is 4.89 Å². The van der Waals surface area contributed by atoms with Gasteiger partial charge in [-0.2, -0.15) is 0 Å². The fraction of sp³-hybridized carbons (Fsp3) is 0. The molecule has 1 unspecified atom stereocenters. The van der Waals surface area contributed by atoms with E-state index < -0.39 is 8.25 Å². The maximum atomic E-state index is 9.88. The number of hydrogen-bond acceptors (Lipinski definition) is 5. The molecule has 0 aliphatic rings. The van der Waals surface area contributed by atoms with Crippen LogP contribution in [0.3, 0.4) is 0 Å². The average molecular weight is 149 g/mol. The van der Waals surface area contributed by atoms with Gasteiger partial charge in [-0.3, -0.25) is 0 Å². The lowest BCUT2D eigenvalue weighted by Gasteiger charge is -1.71. The van der Waals surface area contributed by atoms with Crippen molar-refractivity contribution in [2.45, 2.75) is 0 Å². The third kappa shape index (κ3) is 1.75. The molecule has 0 amide bonds.